The third-order valence-corrected chi connectivity index (χ3v) is 4.71. The summed E-state index contributed by atoms with van der Waals surface area (Å²) in [5, 5.41) is 2.83. The topological polar surface area (TPSA) is 79.4 Å². The lowest BCUT2D eigenvalue weighted by molar-refractivity contribution is 0.0924. The van der Waals surface area contributed by atoms with Crippen molar-refractivity contribution in [3.05, 3.63) is 88.2 Å². The van der Waals surface area contributed by atoms with Crippen LogP contribution in [0.5, 0.6) is 0 Å². The number of halogens is 1. The molecule has 0 saturated heterocycles. The van der Waals surface area contributed by atoms with Crippen LogP contribution in [0.2, 0.25) is 5.02 Å². The molecule has 6 nitrogen and oxygen atoms in total. The fourth-order valence-corrected chi connectivity index (χ4v) is 3.29. The number of rotatable bonds is 3. The van der Waals surface area contributed by atoms with Gasteiger partial charge in [0.2, 0.25) is 0 Å². The number of carbonyl (C=O) groups is 3. The van der Waals surface area contributed by atoms with Crippen LogP contribution in [0.3, 0.4) is 0 Å². The summed E-state index contributed by atoms with van der Waals surface area (Å²) >= 11 is 6.32. The number of pyridine rings is 1. The van der Waals surface area contributed by atoms with Crippen LogP contribution in [-0.4, -0.2) is 22.7 Å². The molecule has 0 aliphatic carbocycles. The molecule has 0 atom stereocenters. The highest BCUT2D eigenvalue weighted by Crippen LogP contribution is 2.34. The summed E-state index contributed by atoms with van der Waals surface area (Å²) in [5.74, 6) is 1.11. The number of aromatic nitrogens is 1. The molecule has 0 fully saturated rings. The Hall–Kier alpha value is -3.95. The molecule has 0 saturated carbocycles. The van der Waals surface area contributed by atoms with Crippen LogP contribution in [0.25, 0.3) is 0 Å². The monoisotopic (exact) mass is 401 g/mol. The average Bonchev–Trinajstić information content (AvgIpc) is 2.99. The lowest BCUT2D eigenvalue weighted by Crippen LogP contribution is -2.29. The average molecular weight is 402 g/mol. The Morgan fingerprint density at radius 3 is 2.34 bits per heavy atom. The van der Waals surface area contributed by atoms with Gasteiger partial charge in [-0.05, 0) is 36.4 Å². The number of fused-ring (bicyclic) bond motifs is 1. The second-order valence-corrected chi connectivity index (χ2v) is 6.63. The third kappa shape index (κ3) is 3.24. The zero-order chi connectivity index (χ0) is 20.5. The van der Waals surface area contributed by atoms with Crippen molar-refractivity contribution in [3.8, 4) is 12.3 Å². The summed E-state index contributed by atoms with van der Waals surface area (Å²) in [6.07, 6.45) is 8.19. The number of terminal acetylenes is 1. The molecule has 1 N–H and O–H groups in total. The number of benzene rings is 2. The van der Waals surface area contributed by atoms with E-state index in [1.54, 1.807) is 30.3 Å². The first-order chi connectivity index (χ1) is 14.0. The third-order valence-electron chi connectivity index (χ3n) is 4.41. The van der Waals surface area contributed by atoms with Crippen LogP contribution in [0, 0.1) is 12.3 Å². The van der Waals surface area contributed by atoms with Crippen LogP contribution in [0.4, 0.5) is 11.4 Å². The molecular formula is C22H12ClN3O3. The predicted octanol–water partition coefficient (Wildman–Crippen LogP) is 3.77. The fraction of sp³-hybridized carbons (Fsp3) is 0. The molecular weight excluding hydrogens is 390 g/mol. The van der Waals surface area contributed by atoms with Gasteiger partial charge in [-0.2, -0.15) is 0 Å². The summed E-state index contributed by atoms with van der Waals surface area (Å²) in [4.78, 5) is 42.6. The lowest BCUT2D eigenvalue weighted by atomic mass is 10.1. The van der Waals surface area contributed by atoms with E-state index >= 15 is 0 Å². The van der Waals surface area contributed by atoms with Crippen molar-refractivity contribution in [1.82, 2.24) is 4.98 Å². The van der Waals surface area contributed by atoms with Gasteiger partial charge in [-0.3, -0.25) is 19.4 Å². The minimum Gasteiger partial charge on any atom is -0.322 e. The van der Waals surface area contributed by atoms with E-state index < -0.39 is 17.7 Å². The van der Waals surface area contributed by atoms with E-state index in [0.717, 1.165) is 4.90 Å². The van der Waals surface area contributed by atoms with Crippen molar-refractivity contribution in [2.24, 2.45) is 0 Å². The van der Waals surface area contributed by atoms with E-state index in [0.29, 0.717) is 27.9 Å². The van der Waals surface area contributed by atoms with Gasteiger partial charge in [0.1, 0.15) is 0 Å². The molecule has 0 spiro atoms. The number of amides is 3. The molecule has 0 unspecified atom stereocenters. The summed E-state index contributed by atoms with van der Waals surface area (Å²) in [7, 11) is 0. The van der Waals surface area contributed by atoms with Crippen molar-refractivity contribution >= 4 is 40.7 Å². The molecule has 2 aromatic carbocycles. The van der Waals surface area contributed by atoms with Crippen molar-refractivity contribution in [1.29, 1.82) is 0 Å². The van der Waals surface area contributed by atoms with E-state index in [9.17, 15) is 14.4 Å². The molecule has 0 radical (unpaired) electrons. The number of nitrogens with zero attached hydrogens (tertiary/aromatic N) is 2. The van der Waals surface area contributed by atoms with Crippen LogP contribution in [-0.2, 0) is 0 Å². The normalized spacial score (nSPS) is 12.5. The van der Waals surface area contributed by atoms with E-state index in [4.69, 9.17) is 18.0 Å². The Morgan fingerprint density at radius 2 is 1.72 bits per heavy atom. The maximum absolute atomic E-state index is 12.6. The quantitative estimate of drug-likeness (QED) is 0.535. The zero-order valence-corrected chi connectivity index (χ0v) is 15.6. The first kappa shape index (κ1) is 18.4. The van der Waals surface area contributed by atoms with Gasteiger partial charge in [0.15, 0.2) is 0 Å². The number of hydrogen-bond acceptors (Lipinski definition) is 4. The van der Waals surface area contributed by atoms with Crippen molar-refractivity contribution < 1.29 is 14.4 Å². The van der Waals surface area contributed by atoms with Gasteiger partial charge in [-0.25, -0.2) is 4.90 Å². The standard InChI is InChI=1S/C22H12ClN3O3/c1-2-13-9-14(12-24-11-13)20(27)25-15-7-8-19(18(23)10-15)26-21(28)16-5-3-4-6-17(16)22(26)29/h1,3-12H,(H,25,27). The molecule has 1 aliphatic rings. The Morgan fingerprint density at radius 1 is 1.03 bits per heavy atom. The SMILES string of the molecule is C#Cc1cncc(C(=O)Nc2ccc(N3C(=O)c4ccccc4C3=O)c(Cl)c2)c1. The fourth-order valence-electron chi connectivity index (χ4n) is 3.02. The molecule has 4 rings (SSSR count). The first-order valence-electron chi connectivity index (χ1n) is 8.50. The smallest absolute Gasteiger partial charge is 0.266 e. The van der Waals surface area contributed by atoms with Gasteiger partial charge in [0.05, 0.1) is 27.4 Å². The summed E-state index contributed by atoms with van der Waals surface area (Å²) in [5.41, 5.74) is 2.06. The van der Waals surface area contributed by atoms with Gasteiger partial charge < -0.3 is 5.32 Å². The van der Waals surface area contributed by atoms with Gasteiger partial charge >= 0.3 is 0 Å². The van der Waals surface area contributed by atoms with Gasteiger partial charge in [0.25, 0.3) is 17.7 Å². The predicted molar refractivity (Wildman–Crippen MR) is 109 cm³/mol. The summed E-state index contributed by atoms with van der Waals surface area (Å²) < 4.78 is 0. The van der Waals surface area contributed by atoms with Gasteiger partial charge in [-0.15, -0.1) is 6.42 Å². The second kappa shape index (κ2) is 7.23. The second-order valence-electron chi connectivity index (χ2n) is 6.22. The number of hydrogen-bond donors (Lipinski definition) is 1. The minimum absolute atomic E-state index is 0.146. The maximum atomic E-state index is 12.6. The van der Waals surface area contributed by atoms with E-state index in [2.05, 4.69) is 16.2 Å². The minimum atomic E-state index is -0.443. The molecule has 7 heteroatoms. The molecule has 3 amide bonds. The number of nitrogens with one attached hydrogen (secondary N) is 1. The van der Waals surface area contributed by atoms with Crippen LogP contribution in [0.1, 0.15) is 36.6 Å². The first-order valence-corrected chi connectivity index (χ1v) is 8.88. The Labute approximate surface area is 171 Å². The zero-order valence-electron chi connectivity index (χ0n) is 14.8. The van der Waals surface area contributed by atoms with Crippen LogP contribution < -0.4 is 10.2 Å². The van der Waals surface area contributed by atoms with Crippen molar-refractivity contribution in [2.75, 3.05) is 10.2 Å². The molecule has 1 aliphatic heterocycles. The molecule has 29 heavy (non-hydrogen) atoms. The highest BCUT2D eigenvalue weighted by Gasteiger charge is 2.37. The molecule has 140 valence electrons. The molecule has 3 aromatic rings. The highest BCUT2D eigenvalue weighted by molar-refractivity contribution is 6.40. The van der Waals surface area contributed by atoms with E-state index in [1.807, 2.05) is 0 Å². The Bertz CT molecular complexity index is 1190. The Kier molecular flexibility index (Phi) is 4.59. The van der Waals surface area contributed by atoms with E-state index in [-0.39, 0.29) is 10.7 Å². The highest BCUT2D eigenvalue weighted by atomic mass is 35.5. The van der Waals surface area contributed by atoms with Crippen LogP contribution in [0.15, 0.2) is 60.9 Å². The summed E-state index contributed by atoms with van der Waals surface area (Å²) in [6, 6.07) is 12.6. The van der Waals surface area contributed by atoms with Crippen molar-refractivity contribution in [3.63, 3.8) is 0 Å². The Balaban J connectivity index is 1.59. The molecule has 2 heterocycles. The van der Waals surface area contributed by atoms with Crippen molar-refractivity contribution in [2.45, 2.75) is 0 Å². The lowest BCUT2D eigenvalue weighted by Gasteiger charge is -2.16. The number of anilines is 2. The van der Waals surface area contributed by atoms with Crippen LogP contribution >= 0.6 is 11.6 Å². The largest absolute Gasteiger partial charge is 0.322 e. The van der Waals surface area contributed by atoms with Gasteiger partial charge in [0, 0.05) is 23.6 Å². The van der Waals surface area contributed by atoms with E-state index in [1.165, 1.54) is 30.6 Å². The summed E-state index contributed by atoms with van der Waals surface area (Å²) in [6.45, 7) is 0. The number of carbonyl (C=O) groups excluding carboxylic acids is 3. The van der Waals surface area contributed by atoms with Gasteiger partial charge in [-0.1, -0.05) is 29.7 Å². The molecule has 1 aromatic heterocycles. The maximum Gasteiger partial charge on any atom is 0.266 e. The molecule has 0 bridgehead atoms. The number of imide groups is 1.